The number of Topliss-reactive ketones (excluding diaryl/α,β-unsaturated/α-hetero) is 1. The standard InChI is InChI=1S/C25H22F3N3O4/c1-14-22(15(2)32)23(17-8-6-16(7-9-17)20-13-29-20)30(11-10-21(33)34)24(35)31(14)19-5-3-4-18(12-19)25(26,27)28/h3-12,20,23,29H,13H2,1-2H3,(H,33,34)/b11-10+. The van der Waals surface area contributed by atoms with Crippen molar-refractivity contribution in [2.24, 2.45) is 0 Å². The van der Waals surface area contributed by atoms with Gasteiger partial charge in [0.15, 0.2) is 5.78 Å². The minimum absolute atomic E-state index is 0.0941. The third kappa shape index (κ3) is 4.83. The molecule has 182 valence electrons. The zero-order valence-electron chi connectivity index (χ0n) is 18.8. The van der Waals surface area contributed by atoms with Crippen LogP contribution in [-0.2, 0) is 15.8 Å². The zero-order chi connectivity index (χ0) is 25.5. The van der Waals surface area contributed by atoms with Gasteiger partial charge in [0.25, 0.3) is 0 Å². The Labute approximate surface area is 199 Å². The van der Waals surface area contributed by atoms with Gasteiger partial charge in [-0.2, -0.15) is 13.2 Å². The summed E-state index contributed by atoms with van der Waals surface area (Å²) in [6, 6.07) is 9.90. The van der Waals surface area contributed by atoms with E-state index in [4.69, 9.17) is 0 Å². The number of anilines is 1. The Bertz CT molecular complexity index is 1250. The molecule has 35 heavy (non-hydrogen) atoms. The topological polar surface area (TPSA) is 99.9 Å². The lowest BCUT2D eigenvalue weighted by molar-refractivity contribution is -0.137. The lowest BCUT2D eigenvalue weighted by Gasteiger charge is -2.41. The van der Waals surface area contributed by atoms with E-state index in [0.29, 0.717) is 5.56 Å². The van der Waals surface area contributed by atoms with Crippen LogP contribution in [0.2, 0.25) is 0 Å². The summed E-state index contributed by atoms with van der Waals surface area (Å²) in [5.74, 6) is -1.73. The summed E-state index contributed by atoms with van der Waals surface area (Å²) in [6.45, 7) is 3.63. The number of aliphatic carboxylic acids is 1. The molecule has 2 aliphatic heterocycles. The van der Waals surface area contributed by atoms with Crippen LogP contribution in [0.5, 0.6) is 0 Å². The molecule has 2 N–H and O–H groups in total. The van der Waals surface area contributed by atoms with E-state index in [1.54, 1.807) is 12.1 Å². The van der Waals surface area contributed by atoms with Crippen LogP contribution in [0.3, 0.4) is 0 Å². The number of halogens is 3. The minimum Gasteiger partial charge on any atom is -0.478 e. The molecular weight excluding hydrogens is 463 g/mol. The highest BCUT2D eigenvalue weighted by atomic mass is 19.4. The van der Waals surface area contributed by atoms with Crippen LogP contribution in [0.4, 0.5) is 23.7 Å². The van der Waals surface area contributed by atoms with E-state index in [1.165, 1.54) is 26.0 Å². The van der Waals surface area contributed by atoms with Gasteiger partial charge in [-0.15, -0.1) is 0 Å². The van der Waals surface area contributed by atoms with E-state index in [0.717, 1.165) is 46.3 Å². The van der Waals surface area contributed by atoms with Crippen molar-refractivity contribution in [3.63, 3.8) is 0 Å². The van der Waals surface area contributed by atoms with Crippen molar-refractivity contribution in [3.05, 3.63) is 88.8 Å². The SMILES string of the molecule is CC(=O)C1=C(C)N(c2cccc(C(F)(F)F)c2)C(=O)N(/C=C/C(=O)O)C1c1ccc(C2CN2)cc1. The molecule has 0 spiro atoms. The second kappa shape index (κ2) is 9.03. The maximum atomic E-state index is 13.6. The Kier molecular flexibility index (Phi) is 6.25. The summed E-state index contributed by atoms with van der Waals surface area (Å²) in [7, 11) is 0. The van der Waals surface area contributed by atoms with Gasteiger partial charge in [-0.05, 0) is 43.2 Å². The maximum absolute atomic E-state index is 13.6. The number of carbonyl (C=O) groups excluding carboxylic acids is 2. The summed E-state index contributed by atoms with van der Waals surface area (Å²) in [4.78, 5) is 39.7. The van der Waals surface area contributed by atoms with E-state index in [-0.39, 0.29) is 23.0 Å². The molecule has 0 radical (unpaired) electrons. The molecule has 2 unspecified atom stereocenters. The van der Waals surface area contributed by atoms with Crippen molar-refractivity contribution in [1.82, 2.24) is 10.2 Å². The monoisotopic (exact) mass is 485 g/mol. The van der Waals surface area contributed by atoms with Gasteiger partial charge in [0.2, 0.25) is 0 Å². The predicted octanol–water partition coefficient (Wildman–Crippen LogP) is 4.79. The highest BCUT2D eigenvalue weighted by Gasteiger charge is 2.41. The van der Waals surface area contributed by atoms with Crippen molar-refractivity contribution in [3.8, 4) is 0 Å². The molecule has 4 rings (SSSR count). The maximum Gasteiger partial charge on any atom is 0.416 e. The van der Waals surface area contributed by atoms with Crippen LogP contribution in [-0.4, -0.2) is 34.3 Å². The van der Waals surface area contributed by atoms with E-state index in [9.17, 15) is 32.7 Å². The predicted molar refractivity (Wildman–Crippen MR) is 121 cm³/mol. The molecule has 2 aromatic rings. The largest absolute Gasteiger partial charge is 0.478 e. The van der Waals surface area contributed by atoms with Crippen LogP contribution < -0.4 is 10.2 Å². The second-order valence-electron chi connectivity index (χ2n) is 8.31. The van der Waals surface area contributed by atoms with Crippen molar-refractivity contribution in [2.45, 2.75) is 32.1 Å². The quantitative estimate of drug-likeness (QED) is 0.453. The summed E-state index contributed by atoms with van der Waals surface area (Å²) >= 11 is 0. The molecule has 2 amide bonds. The number of carbonyl (C=O) groups is 3. The first-order chi connectivity index (χ1) is 16.5. The molecule has 1 fully saturated rings. The number of nitrogens with one attached hydrogen (secondary N) is 1. The molecule has 0 aromatic heterocycles. The molecule has 0 bridgehead atoms. The molecule has 10 heteroatoms. The van der Waals surface area contributed by atoms with Crippen LogP contribution >= 0.6 is 0 Å². The number of amides is 2. The number of carboxylic acids is 1. The van der Waals surface area contributed by atoms with E-state index in [2.05, 4.69) is 5.32 Å². The fourth-order valence-electron chi connectivity index (χ4n) is 4.23. The molecule has 2 aliphatic rings. The number of carboxylic acid groups (broad SMARTS) is 1. The van der Waals surface area contributed by atoms with Gasteiger partial charge >= 0.3 is 18.2 Å². The fourth-order valence-corrected chi connectivity index (χ4v) is 4.23. The molecule has 2 heterocycles. The second-order valence-corrected chi connectivity index (χ2v) is 8.31. The van der Waals surface area contributed by atoms with Crippen LogP contribution in [0, 0.1) is 0 Å². The lowest BCUT2D eigenvalue weighted by Crippen LogP contribution is -2.48. The summed E-state index contributed by atoms with van der Waals surface area (Å²) in [5.41, 5.74) is 0.863. The molecular formula is C25H22F3N3O4. The van der Waals surface area contributed by atoms with E-state index in [1.807, 2.05) is 12.1 Å². The Hall–Kier alpha value is -3.92. The number of ketones is 1. The van der Waals surface area contributed by atoms with Gasteiger partial charge in [-0.1, -0.05) is 30.3 Å². The molecule has 2 aromatic carbocycles. The summed E-state index contributed by atoms with van der Waals surface area (Å²) in [6.07, 6.45) is -2.86. The summed E-state index contributed by atoms with van der Waals surface area (Å²) in [5, 5.41) is 12.4. The normalized spacial score (nSPS) is 20.5. The third-order valence-corrected chi connectivity index (χ3v) is 5.94. The fraction of sp³-hybridized carbons (Fsp3) is 0.240. The highest BCUT2D eigenvalue weighted by molar-refractivity contribution is 6.05. The van der Waals surface area contributed by atoms with Gasteiger partial charge in [0.1, 0.15) is 0 Å². The Morgan fingerprint density at radius 2 is 1.74 bits per heavy atom. The smallest absolute Gasteiger partial charge is 0.416 e. The van der Waals surface area contributed by atoms with Crippen LogP contribution in [0.25, 0.3) is 0 Å². The van der Waals surface area contributed by atoms with Crippen LogP contribution in [0.1, 0.15) is 42.6 Å². The number of rotatable bonds is 6. The van der Waals surface area contributed by atoms with E-state index < -0.39 is 35.6 Å². The molecule has 2 atom stereocenters. The average Bonchev–Trinajstić information content (AvgIpc) is 3.63. The first-order valence-corrected chi connectivity index (χ1v) is 10.7. The van der Waals surface area contributed by atoms with Crippen molar-refractivity contribution in [1.29, 1.82) is 0 Å². The van der Waals surface area contributed by atoms with E-state index >= 15 is 0 Å². The van der Waals surface area contributed by atoms with Crippen LogP contribution in [0.15, 0.2) is 72.1 Å². The minimum atomic E-state index is -4.64. The van der Waals surface area contributed by atoms with Gasteiger partial charge in [0.05, 0.1) is 17.3 Å². The number of allylic oxidation sites excluding steroid dienone is 1. The average molecular weight is 485 g/mol. The summed E-state index contributed by atoms with van der Waals surface area (Å²) < 4.78 is 40.0. The molecule has 0 aliphatic carbocycles. The Morgan fingerprint density at radius 3 is 2.29 bits per heavy atom. The first-order valence-electron chi connectivity index (χ1n) is 10.7. The number of nitrogens with zero attached hydrogens (tertiary/aromatic N) is 2. The Balaban J connectivity index is 1.88. The van der Waals surface area contributed by atoms with Crippen molar-refractivity contribution >= 4 is 23.5 Å². The van der Waals surface area contributed by atoms with Crippen molar-refractivity contribution < 1.29 is 32.7 Å². The van der Waals surface area contributed by atoms with Gasteiger partial charge in [-0.3, -0.25) is 14.6 Å². The molecule has 7 nitrogen and oxygen atoms in total. The zero-order valence-corrected chi connectivity index (χ0v) is 18.8. The number of alkyl halides is 3. The highest BCUT2D eigenvalue weighted by Crippen LogP contribution is 2.41. The number of hydrogen-bond acceptors (Lipinski definition) is 4. The Morgan fingerprint density at radius 1 is 1.11 bits per heavy atom. The molecule has 1 saturated heterocycles. The van der Waals surface area contributed by atoms with Crippen molar-refractivity contribution in [2.75, 3.05) is 11.4 Å². The lowest BCUT2D eigenvalue weighted by atomic mass is 9.90. The first kappa shape index (κ1) is 24.2. The number of benzene rings is 2. The van der Waals surface area contributed by atoms with Gasteiger partial charge in [0, 0.05) is 36.1 Å². The third-order valence-electron chi connectivity index (χ3n) is 5.94. The number of hydrogen-bond donors (Lipinski definition) is 2. The van der Waals surface area contributed by atoms with Gasteiger partial charge < -0.3 is 10.4 Å². The number of urea groups is 1. The molecule has 0 saturated carbocycles. The van der Waals surface area contributed by atoms with Gasteiger partial charge in [-0.25, -0.2) is 9.59 Å².